The lowest BCUT2D eigenvalue weighted by Crippen LogP contribution is -2.25. The maximum absolute atomic E-state index is 13.0. The highest BCUT2D eigenvalue weighted by Gasteiger charge is 2.25. The fourth-order valence-electron chi connectivity index (χ4n) is 3.31. The zero-order chi connectivity index (χ0) is 23.6. The Labute approximate surface area is 193 Å². The number of ketones is 1. The van der Waals surface area contributed by atoms with E-state index in [4.69, 9.17) is 27.9 Å². The Morgan fingerprint density at radius 1 is 0.969 bits per heavy atom. The number of ether oxygens (including phenoxy) is 2. The Kier molecular flexibility index (Phi) is 7.21. The number of aromatic nitrogens is 1. The Morgan fingerprint density at radius 3 is 2.22 bits per heavy atom. The Balaban J connectivity index is 1.80. The van der Waals surface area contributed by atoms with Crippen molar-refractivity contribution in [2.75, 3.05) is 0 Å². The zero-order valence-corrected chi connectivity index (χ0v) is 18.9. The van der Waals surface area contributed by atoms with Gasteiger partial charge in [-0.15, -0.1) is 0 Å². The van der Waals surface area contributed by atoms with E-state index in [-0.39, 0.29) is 22.1 Å². The summed E-state index contributed by atoms with van der Waals surface area (Å²) in [6.45, 7) is 2.13. The molecule has 0 saturated heterocycles. The third-order valence-corrected chi connectivity index (χ3v) is 5.56. The van der Waals surface area contributed by atoms with Gasteiger partial charge in [-0.3, -0.25) is 4.79 Å². The van der Waals surface area contributed by atoms with Crippen molar-refractivity contribution >= 4 is 35.0 Å². The number of carbonyl (C=O) groups is 2. The molecule has 0 aliphatic rings. The summed E-state index contributed by atoms with van der Waals surface area (Å²) in [6, 6.07) is 12.0. The van der Waals surface area contributed by atoms with Gasteiger partial charge in [-0.2, -0.15) is 8.78 Å². The molecule has 3 aromatic rings. The van der Waals surface area contributed by atoms with E-state index in [0.717, 1.165) is 5.69 Å². The summed E-state index contributed by atoms with van der Waals surface area (Å²) in [7, 11) is 0. The van der Waals surface area contributed by atoms with Crippen LogP contribution in [0.15, 0.2) is 48.5 Å². The molecule has 0 amide bonds. The van der Waals surface area contributed by atoms with Gasteiger partial charge < -0.3 is 14.0 Å². The fraction of sp³-hybridized carbons (Fsp3) is 0.217. The number of alkyl halides is 2. The predicted octanol–water partition coefficient (Wildman–Crippen LogP) is 6.43. The van der Waals surface area contributed by atoms with Crippen LogP contribution in [0.4, 0.5) is 8.78 Å². The van der Waals surface area contributed by atoms with E-state index in [2.05, 4.69) is 4.74 Å². The highest BCUT2D eigenvalue weighted by Crippen LogP contribution is 2.26. The Bertz CT molecular complexity index is 1160. The minimum atomic E-state index is -2.91. The quantitative estimate of drug-likeness (QED) is 0.288. The molecule has 168 valence electrons. The van der Waals surface area contributed by atoms with Crippen LogP contribution < -0.4 is 4.74 Å². The van der Waals surface area contributed by atoms with Gasteiger partial charge in [0.05, 0.1) is 15.6 Å². The first-order valence-corrected chi connectivity index (χ1v) is 10.3. The van der Waals surface area contributed by atoms with Crippen LogP contribution in [0.5, 0.6) is 5.75 Å². The van der Waals surface area contributed by atoms with Crippen LogP contribution in [0.1, 0.15) is 39.0 Å². The van der Waals surface area contributed by atoms with Crippen molar-refractivity contribution in [3.8, 4) is 11.4 Å². The van der Waals surface area contributed by atoms with Crippen LogP contribution in [-0.2, 0) is 4.74 Å². The molecule has 0 radical (unpaired) electrons. The number of aryl methyl sites for hydroxylation is 1. The number of benzene rings is 2. The average molecular weight is 482 g/mol. The van der Waals surface area contributed by atoms with Gasteiger partial charge in [0.25, 0.3) is 0 Å². The maximum Gasteiger partial charge on any atom is 0.387 e. The summed E-state index contributed by atoms with van der Waals surface area (Å²) in [4.78, 5) is 25.4. The predicted molar refractivity (Wildman–Crippen MR) is 118 cm³/mol. The number of esters is 1. The molecular weight excluding hydrogens is 463 g/mol. The molecule has 0 spiro atoms. The van der Waals surface area contributed by atoms with Crippen LogP contribution in [0, 0.1) is 13.8 Å². The molecule has 3 rings (SSSR count). The summed E-state index contributed by atoms with van der Waals surface area (Å²) in [5, 5.41) is 0.502. The maximum atomic E-state index is 13.0. The van der Waals surface area contributed by atoms with Gasteiger partial charge in [-0.05, 0) is 69.3 Å². The Hall–Kier alpha value is -2.90. The Morgan fingerprint density at radius 2 is 1.62 bits per heavy atom. The number of Topliss-reactive ketones (excluding diaryl/α,β-unsaturated/α-hetero) is 1. The monoisotopic (exact) mass is 481 g/mol. The molecule has 0 aliphatic carbocycles. The topological polar surface area (TPSA) is 57.5 Å². The molecule has 0 N–H and O–H groups in total. The minimum absolute atomic E-state index is 0.0327. The molecule has 9 heteroatoms. The molecule has 5 nitrogen and oxygen atoms in total. The van der Waals surface area contributed by atoms with E-state index in [9.17, 15) is 18.4 Å². The number of hydrogen-bond acceptors (Lipinski definition) is 4. The van der Waals surface area contributed by atoms with Crippen molar-refractivity contribution in [1.82, 2.24) is 4.57 Å². The smallest absolute Gasteiger partial charge is 0.387 e. The van der Waals surface area contributed by atoms with Gasteiger partial charge in [0.1, 0.15) is 5.75 Å². The summed E-state index contributed by atoms with van der Waals surface area (Å²) >= 11 is 11.8. The van der Waals surface area contributed by atoms with E-state index < -0.39 is 18.7 Å². The number of hydrogen-bond donors (Lipinski definition) is 0. The average Bonchev–Trinajstić information content (AvgIpc) is 3.03. The van der Waals surface area contributed by atoms with E-state index in [1.807, 2.05) is 0 Å². The normalized spacial score (nSPS) is 12.0. The fourth-order valence-corrected chi connectivity index (χ4v) is 3.61. The van der Waals surface area contributed by atoms with Crippen LogP contribution >= 0.6 is 23.2 Å². The summed E-state index contributed by atoms with van der Waals surface area (Å²) in [5.41, 5.74) is 2.59. The molecule has 1 heterocycles. The van der Waals surface area contributed by atoms with Gasteiger partial charge in [-0.25, -0.2) is 4.79 Å². The van der Waals surface area contributed by atoms with E-state index in [1.165, 1.54) is 37.3 Å². The first-order valence-electron chi connectivity index (χ1n) is 9.53. The van der Waals surface area contributed by atoms with Crippen molar-refractivity contribution in [3.05, 3.63) is 81.1 Å². The van der Waals surface area contributed by atoms with Gasteiger partial charge in [0.2, 0.25) is 5.78 Å². The van der Waals surface area contributed by atoms with Crippen LogP contribution in [0.25, 0.3) is 5.69 Å². The molecule has 0 bridgehead atoms. The summed E-state index contributed by atoms with van der Waals surface area (Å²) < 4.78 is 36.2. The molecule has 0 aliphatic heterocycles. The highest BCUT2D eigenvalue weighted by molar-refractivity contribution is 6.42. The van der Waals surface area contributed by atoms with Crippen molar-refractivity contribution < 1.29 is 27.8 Å². The molecule has 1 unspecified atom stereocenters. The molecule has 2 aromatic carbocycles. The van der Waals surface area contributed by atoms with Gasteiger partial charge in [-0.1, -0.05) is 23.2 Å². The van der Waals surface area contributed by atoms with Crippen molar-refractivity contribution in [2.45, 2.75) is 33.5 Å². The second-order valence-corrected chi connectivity index (χ2v) is 7.85. The van der Waals surface area contributed by atoms with E-state index in [1.54, 1.807) is 36.6 Å². The van der Waals surface area contributed by atoms with Gasteiger partial charge in [0, 0.05) is 22.6 Å². The third-order valence-electron chi connectivity index (χ3n) is 4.83. The molecule has 0 fully saturated rings. The molecule has 0 saturated carbocycles. The van der Waals surface area contributed by atoms with Crippen LogP contribution in [0.2, 0.25) is 10.0 Å². The van der Waals surface area contributed by atoms with Gasteiger partial charge >= 0.3 is 12.6 Å². The lowest BCUT2D eigenvalue weighted by Gasteiger charge is -2.14. The van der Waals surface area contributed by atoms with Crippen molar-refractivity contribution in [1.29, 1.82) is 0 Å². The first kappa shape index (κ1) is 23.8. The molecule has 32 heavy (non-hydrogen) atoms. The van der Waals surface area contributed by atoms with Crippen LogP contribution in [0.3, 0.4) is 0 Å². The second kappa shape index (κ2) is 9.71. The number of nitrogens with zero attached hydrogens (tertiary/aromatic N) is 1. The lowest BCUT2D eigenvalue weighted by atomic mass is 10.1. The number of rotatable bonds is 7. The van der Waals surface area contributed by atoms with Gasteiger partial charge in [0.15, 0.2) is 6.10 Å². The lowest BCUT2D eigenvalue weighted by molar-refractivity contribution is -0.0498. The molecule has 1 aromatic heterocycles. The zero-order valence-electron chi connectivity index (χ0n) is 17.4. The minimum Gasteiger partial charge on any atom is -0.451 e. The van der Waals surface area contributed by atoms with E-state index >= 15 is 0 Å². The highest BCUT2D eigenvalue weighted by atomic mass is 35.5. The number of carbonyl (C=O) groups excluding carboxylic acids is 2. The summed E-state index contributed by atoms with van der Waals surface area (Å²) in [6.07, 6.45) is -1.05. The van der Waals surface area contributed by atoms with Crippen LogP contribution in [-0.4, -0.2) is 29.0 Å². The van der Waals surface area contributed by atoms with Crippen molar-refractivity contribution in [2.24, 2.45) is 0 Å². The summed E-state index contributed by atoms with van der Waals surface area (Å²) in [5.74, 6) is -1.05. The van der Waals surface area contributed by atoms with E-state index in [0.29, 0.717) is 22.0 Å². The SMILES string of the molecule is Cc1cc(C(=O)C(C)OC(=O)c2ccc(Cl)c(Cl)c2)c(C)n1-c1ccc(OC(F)F)cc1. The molecule has 1 atom stereocenters. The largest absolute Gasteiger partial charge is 0.451 e. The number of halogens is 4. The third kappa shape index (κ3) is 5.11. The first-order chi connectivity index (χ1) is 15.1. The second-order valence-electron chi connectivity index (χ2n) is 7.03. The standard InChI is InChI=1S/C23H19Cl2F2NO4/c1-12-10-18(13(2)28(12)16-5-7-17(8-6-16)32-23(26)27)21(29)14(3)31-22(30)15-4-9-19(24)20(25)11-15/h4-11,14,23H,1-3H3. The molecular formula is C23H19Cl2F2NO4. The van der Waals surface area contributed by atoms with Crippen molar-refractivity contribution in [3.63, 3.8) is 0 Å².